The molecule has 0 radical (unpaired) electrons. The van der Waals surface area contributed by atoms with E-state index in [1.54, 1.807) is 0 Å². The molecule has 0 fully saturated rings. The van der Waals surface area contributed by atoms with Crippen LogP contribution in [0.1, 0.15) is 5.56 Å². The van der Waals surface area contributed by atoms with Gasteiger partial charge in [0, 0.05) is 14.9 Å². The average molecular weight is 481 g/mol. The summed E-state index contributed by atoms with van der Waals surface area (Å²) in [5.74, 6) is 0.0270. The molecule has 7 heteroatoms. The van der Waals surface area contributed by atoms with Gasteiger partial charge in [-0.3, -0.25) is 9.59 Å². The number of fused-ring (bicyclic) bond motifs is 1. The predicted molar refractivity (Wildman–Crippen MR) is 105 cm³/mol. The summed E-state index contributed by atoms with van der Waals surface area (Å²) in [7, 11) is 0. The van der Waals surface area contributed by atoms with Gasteiger partial charge in [0.15, 0.2) is 6.10 Å². The molecule has 4 rings (SSSR count). The van der Waals surface area contributed by atoms with Crippen molar-refractivity contribution in [3.05, 3.63) is 63.0 Å². The minimum atomic E-state index is -0.855. The van der Waals surface area contributed by atoms with Crippen molar-refractivity contribution >= 4 is 66.8 Å². The Hall–Kier alpha value is -1.57. The molecule has 2 unspecified atom stereocenters. The molecular weight excluding hydrogens is 470 g/mol. The molecule has 0 saturated carbocycles. The van der Waals surface area contributed by atoms with Crippen molar-refractivity contribution in [2.24, 2.45) is 0 Å². The predicted octanol–water partition coefficient (Wildman–Crippen LogP) is 4.59. The number of rotatable bonds is 2. The minimum absolute atomic E-state index is 0.218. The fourth-order valence-electron chi connectivity index (χ4n) is 2.73. The zero-order chi connectivity index (χ0) is 17.6. The molecule has 0 spiro atoms. The van der Waals surface area contributed by atoms with E-state index in [4.69, 9.17) is 4.74 Å². The Morgan fingerprint density at radius 3 is 2.48 bits per heavy atom. The Morgan fingerprint density at radius 2 is 1.72 bits per heavy atom. The zero-order valence-corrected chi connectivity index (χ0v) is 16.7. The van der Waals surface area contributed by atoms with E-state index in [0.29, 0.717) is 10.2 Å². The van der Waals surface area contributed by atoms with Gasteiger partial charge in [0.25, 0.3) is 0 Å². The number of Topliss-reactive ketones (excluding diaryl/α,β-unsaturated/α-hetero) is 1. The van der Waals surface area contributed by atoms with Gasteiger partial charge in [-0.2, -0.15) is 0 Å². The van der Waals surface area contributed by atoms with Crippen LogP contribution >= 0.6 is 43.6 Å². The second-order valence-corrected chi connectivity index (χ2v) is 8.47. The van der Waals surface area contributed by atoms with Crippen molar-refractivity contribution in [3.63, 3.8) is 0 Å². The first kappa shape index (κ1) is 16.9. The minimum Gasteiger partial charge on any atom is -0.479 e. The monoisotopic (exact) mass is 479 g/mol. The van der Waals surface area contributed by atoms with Crippen LogP contribution < -0.4 is 5.32 Å². The third-order valence-electron chi connectivity index (χ3n) is 3.96. The summed E-state index contributed by atoms with van der Waals surface area (Å²) in [6.45, 7) is 0. The number of benzene rings is 2. The van der Waals surface area contributed by atoms with Crippen LogP contribution in [0.5, 0.6) is 0 Å². The SMILES string of the molecule is O=C1C(Br)=C(c2ccc(Br)cc2)OC1C1Sc2ccccc2NC1=O. The van der Waals surface area contributed by atoms with Crippen molar-refractivity contribution in [2.75, 3.05) is 5.32 Å². The Labute approximate surface area is 165 Å². The van der Waals surface area contributed by atoms with E-state index in [1.165, 1.54) is 11.8 Å². The highest BCUT2D eigenvalue weighted by molar-refractivity contribution is 9.12. The van der Waals surface area contributed by atoms with E-state index < -0.39 is 11.4 Å². The van der Waals surface area contributed by atoms with Gasteiger partial charge in [0.05, 0.1) is 5.69 Å². The lowest BCUT2D eigenvalue weighted by atomic mass is 10.1. The largest absolute Gasteiger partial charge is 0.479 e. The fourth-order valence-corrected chi connectivity index (χ4v) is 4.69. The second-order valence-electron chi connectivity index (χ2n) is 5.58. The van der Waals surface area contributed by atoms with Gasteiger partial charge >= 0.3 is 0 Å². The van der Waals surface area contributed by atoms with Gasteiger partial charge in [-0.25, -0.2) is 0 Å². The third kappa shape index (κ3) is 3.05. The summed E-state index contributed by atoms with van der Waals surface area (Å²) >= 11 is 8.08. The Balaban J connectivity index is 1.62. The summed E-state index contributed by atoms with van der Waals surface area (Å²) in [6, 6.07) is 15.0. The van der Waals surface area contributed by atoms with Gasteiger partial charge in [-0.05, 0) is 40.2 Å². The molecule has 126 valence electrons. The molecule has 2 aromatic carbocycles. The second kappa shape index (κ2) is 6.63. The number of halogens is 2. The topological polar surface area (TPSA) is 55.4 Å². The summed E-state index contributed by atoms with van der Waals surface area (Å²) < 4.78 is 7.23. The Bertz CT molecular complexity index is 911. The van der Waals surface area contributed by atoms with Crippen molar-refractivity contribution < 1.29 is 14.3 Å². The van der Waals surface area contributed by atoms with Gasteiger partial charge in [-0.15, -0.1) is 11.8 Å². The molecule has 2 heterocycles. The van der Waals surface area contributed by atoms with Crippen molar-refractivity contribution in [1.82, 2.24) is 0 Å². The van der Waals surface area contributed by atoms with Gasteiger partial charge in [0.1, 0.15) is 15.5 Å². The number of ether oxygens (including phenoxy) is 1. The van der Waals surface area contributed by atoms with E-state index in [1.807, 2.05) is 48.5 Å². The van der Waals surface area contributed by atoms with Gasteiger partial charge in [0.2, 0.25) is 11.7 Å². The molecule has 1 amide bonds. The number of nitrogens with one attached hydrogen (secondary N) is 1. The molecule has 0 bridgehead atoms. The van der Waals surface area contributed by atoms with E-state index in [0.717, 1.165) is 20.6 Å². The lowest BCUT2D eigenvalue weighted by Gasteiger charge is -2.27. The highest BCUT2D eigenvalue weighted by Crippen LogP contribution is 2.43. The maximum atomic E-state index is 12.7. The normalized spacial score (nSPS) is 22.5. The van der Waals surface area contributed by atoms with Crippen LogP contribution in [0.4, 0.5) is 5.69 Å². The number of carbonyl (C=O) groups is 2. The highest BCUT2D eigenvalue weighted by Gasteiger charge is 2.45. The summed E-state index contributed by atoms with van der Waals surface area (Å²) in [4.78, 5) is 26.1. The molecule has 25 heavy (non-hydrogen) atoms. The van der Waals surface area contributed by atoms with Crippen molar-refractivity contribution in [1.29, 1.82) is 0 Å². The van der Waals surface area contributed by atoms with E-state index >= 15 is 0 Å². The molecule has 0 aliphatic carbocycles. The molecular formula is C18H11Br2NO3S. The van der Waals surface area contributed by atoms with Gasteiger partial charge < -0.3 is 10.1 Å². The molecule has 2 aliphatic rings. The summed E-state index contributed by atoms with van der Waals surface area (Å²) in [5.41, 5.74) is 1.55. The maximum Gasteiger partial charge on any atom is 0.242 e. The first-order chi connectivity index (χ1) is 12.0. The van der Waals surface area contributed by atoms with Crippen LogP contribution in [0.3, 0.4) is 0 Å². The molecule has 4 nitrogen and oxygen atoms in total. The van der Waals surface area contributed by atoms with Crippen molar-refractivity contribution in [3.8, 4) is 0 Å². The number of hydrogen-bond acceptors (Lipinski definition) is 4. The van der Waals surface area contributed by atoms with Crippen LogP contribution in [0.25, 0.3) is 5.76 Å². The number of amides is 1. The average Bonchev–Trinajstić information content (AvgIpc) is 2.90. The Kier molecular flexibility index (Phi) is 4.47. The summed E-state index contributed by atoms with van der Waals surface area (Å²) in [5, 5.41) is 2.22. The molecule has 0 saturated heterocycles. The zero-order valence-electron chi connectivity index (χ0n) is 12.7. The number of thioether (sulfide) groups is 1. The van der Waals surface area contributed by atoms with E-state index in [-0.39, 0.29) is 11.7 Å². The smallest absolute Gasteiger partial charge is 0.242 e. The molecule has 2 aromatic rings. The quantitative estimate of drug-likeness (QED) is 0.682. The molecule has 2 atom stereocenters. The lowest BCUT2D eigenvalue weighted by Crippen LogP contribution is -2.41. The molecule has 1 N–H and O–H groups in total. The fraction of sp³-hybridized carbons (Fsp3) is 0.111. The Morgan fingerprint density at radius 1 is 1.00 bits per heavy atom. The van der Waals surface area contributed by atoms with E-state index in [2.05, 4.69) is 37.2 Å². The van der Waals surface area contributed by atoms with Crippen molar-refractivity contribution in [2.45, 2.75) is 16.2 Å². The molecule has 2 aliphatic heterocycles. The van der Waals surface area contributed by atoms with Gasteiger partial charge in [-0.1, -0.05) is 40.2 Å². The third-order valence-corrected chi connectivity index (χ3v) is 6.56. The van der Waals surface area contributed by atoms with Crippen LogP contribution in [0.2, 0.25) is 0 Å². The first-order valence-corrected chi connectivity index (χ1v) is 9.94. The first-order valence-electron chi connectivity index (χ1n) is 7.48. The van der Waals surface area contributed by atoms with Crippen LogP contribution in [0, 0.1) is 0 Å². The standard InChI is InChI=1S/C18H11Br2NO3S/c19-10-7-5-9(6-8-10)15-13(20)14(22)16(24-15)17-18(23)21-11-3-1-2-4-12(11)25-17/h1-8,16-17H,(H,21,23). The number of hydrogen-bond donors (Lipinski definition) is 1. The maximum absolute atomic E-state index is 12.7. The molecule has 0 aromatic heterocycles. The number of carbonyl (C=O) groups excluding carboxylic acids is 2. The summed E-state index contributed by atoms with van der Waals surface area (Å²) in [6.07, 6.45) is -0.855. The highest BCUT2D eigenvalue weighted by atomic mass is 79.9. The number of anilines is 1. The van der Waals surface area contributed by atoms with Crippen LogP contribution in [-0.4, -0.2) is 23.0 Å². The van der Waals surface area contributed by atoms with Crippen LogP contribution in [-0.2, 0) is 14.3 Å². The van der Waals surface area contributed by atoms with E-state index in [9.17, 15) is 9.59 Å². The lowest BCUT2D eigenvalue weighted by molar-refractivity contribution is -0.125. The van der Waals surface area contributed by atoms with Crippen LogP contribution in [0.15, 0.2) is 62.4 Å². The number of para-hydroxylation sites is 1. The number of ketones is 1.